The minimum Gasteiger partial charge on any atom is -0.340 e. The predicted octanol–water partition coefficient (Wildman–Crippen LogP) is 2.14. The van der Waals surface area contributed by atoms with E-state index >= 15 is 0 Å². The Morgan fingerprint density at radius 2 is 2.05 bits per heavy atom. The summed E-state index contributed by atoms with van der Waals surface area (Å²) in [6, 6.07) is 3.98. The third-order valence-corrected chi connectivity index (χ3v) is 6.58. The van der Waals surface area contributed by atoms with Crippen LogP contribution in [0.25, 0.3) is 0 Å². The molecular formula is C13H19BrN2O3S2. The van der Waals surface area contributed by atoms with E-state index in [0.717, 1.165) is 8.66 Å². The summed E-state index contributed by atoms with van der Waals surface area (Å²) in [4.78, 5) is 15.3. The van der Waals surface area contributed by atoms with E-state index in [9.17, 15) is 13.2 Å². The zero-order valence-corrected chi connectivity index (χ0v) is 15.3. The summed E-state index contributed by atoms with van der Waals surface area (Å²) in [7, 11) is -1.33. The van der Waals surface area contributed by atoms with Gasteiger partial charge in [0.15, 0.2) is 0 Å². The number of carbonyl (C=O) groups excluding carboxylic acids is 1. The summed E-state index contributed by atoms with van der Waals surface area (Å²) in [5, 5.41) is 0. The molecule has 1 aliphatic rings. The highest BCUT2D eigenvalue weighted by molar-refractivity contribution is 9.11. The van der Waals surface area contributed by atoms with E-state index in [1.807, 2.05) is 12.1 Å². The fourth-order valence-electron chi connectivity index (χ4n) is 2.49. The smallest absolute Gasteiger partial charge is 0.225 e. The first-order valence-corrected chi connectivity index (χ1v) is 10.2. The van der Waals surface area contributed by atoms with Gasteiger partial charge in [-0.05, 0) is 40.9 Å². The molecule has 0 spiro atoms. The van der Waals surface area contributed by atoms with Gasteiger partial charge in [-0.15, -0.1) is 11.3 Å². The molecule has 1 aromatic rings. The Labute approximate surface area is 138 Å². The Balaban J connectivity index is 1.89. The lowest BCUT2D eigenvalue weighted by molar-refractivity contribution is -0.135. The molecule has 2 rings (SSSR count). The van der Waals surface area contributed by atoms with E-state index in [1.54, 1.807) is 23.3 Å². The number of carbonyl (C=O) groups is 1. The minimum absolute atomic E-state index is 0.0728. The van der Waals surface area contributed by atoms with Gasteiger partial charge in [0.05, 0.1) is 16.6 Å². The number of hydrogen-bond donors (Lipinski definition) is 0. The molecule has 0 unspecified atom stereocenters. The largest absolute Gasteiger partial charge is 0.340 e. The van der Waals surface area contributed by atoms with E-state index in [1.165, 1.54) is 10.6 Å². The molecular weight excluding hydrogens is 376 g/mol. The maximum atomic E-state index is 12.4. The van der Waals surface area contributed by atoms with Gasteiger partial charge >= 0.3 is 0 Å². The van der Waals surface area contributed by atoms with Crippen LogP contribution >= 0.6 is 27.3 Å². The molecule has 1 aromatic heterocycles. The van der Waals surface area contributed by atoms with Crippen molar-refractivity contribution in [2.45, 2.75) is 19.4 Å². The third-order valence-electron chi connectivity index (χ3n) is 3.67. The van der Waals surface area contributed by atoms with Crippen LogP contribution < -0.4 is 0 Å². The number of amides is 1. The maximum Gasteiger partial charge on any atom is 0.225 e. The monoisotopic (exact) mass is 394 g/mol. The van der Waals surface area contributed by atoms with Gasteiger partial charge in [0.2, 0.25) is 15.9 Å². The highest BCUT2D eigenvalue weighted by Crippen LogP contribution is 2.25. The van der Waals surface area contributed by atoms with Crippen molar-refractivity contribution in [3.05, 3.63) is 20.8 Å². The second-order valence-electron chi connectivity index (χ2n) is 5.34. The Morgan fingerprint density at radius 3 is 2.52 bits per heavy atom. The van der Waals surface area contributed by atoms with Crippen LogP contribution in [0, 0.1) is 5.92 Å². The molecule has 5 nitrogen and oxygen atoms in total. The van der Waals surface area contributed by atoms with Gasteiger partial charge in [-0.2, -0.15) is 0 Å². The summed E-state index contributed by atoms with van der Waals surface area (Å²) in [5.74, 6) is 0.0316. The van der Waals surface area contributed by atoms with Crippen molar-refractivity contribution in [1.82, 2.24) is 9.21 Å². The van der Waals surface area contributed by atoms with Crippen molar-refractivity contribution >= 4 is 43.2 Å². The number of rotatable bonds is 4. The molecule has 0 atom stereocenters. The molecule has 0 aliphatic carbocycles. The maximum absolute atomic E-state index is 12.4. The van der Waals surface area contributed by atoms with Crippen LogP contribution in [0.15, 0.2) is 15.9 Å². The predicted molar refractivity (Wildman–Crippen MR) is 87.6 cm³/mol. The third kappa shape index (κ3) is 4.51. The summed E-state index contributed by atoms with van der Waals surface area (Å²) in [5.41, 5.74) is 0. The quantitative estimate of drug-likeness (QED) is 0.785. The molecule has 21 heavy (non-hydrogen) atoms. The van der Waals surface area contributed by atoms with Gasteiger partial charge in [0.25, 0.3) is 0 Å². The minimum atomic E-state index is -3.14. The van der Waals surface area contributed by atoms with Crippen molar-refractivity contribution in [1.29, 1.82) is 0 Å². The summed E-state index contributed by atoms with van der Waals surface area (Å²) >= 11 is 5.03. The molecule has 1 aliphatic heterocycles. The van der Waals surface area contributed by atoms with Gasteiger partial charge in [0.1, 0.15) is 0 Å². The molecule has 2 heterocycles. The second kappa shape index (κ2) is 6.76. The number of hydrogen-bond acceptors (Lipinski definition) is 4. The van der Waals surface area contributed by atoms with Gasteiger partial charge in [-0.25, -0.2) is 12.7 Å². The Morgan fingerprint density at radius 1 is 1.43 bits per heavy atom. The second-order valence-corrected chi connectivity index (χ2v) is 9.87. The van der Waals surface area contributed by atoms with Crippen molar-refractivity contribution in [2.75, 3.05) is 26.4 Å². The number of thiophene rings is 1. The molecule has 0 radical (unpaired) electrons. The SMILES string of the molecule is CN(Cc1ccc(Br)s1)C(=O)C1CCN(S(C)(=O)=O)CC1. The fraction of sp³-hybridized carbons (Fsp3) is 0.615. The Hall–Kier alpha value is -0.440. The lowest BCUT2D eigenvalue weighted by Crippen LogP contribution is -2.42. The highest BCUT2D eigenvalue weighted by Gasteiger charge is 2.30. The lowest BCUT2D eigenvalue weighted by atomic mass is 9.96. The van der Waals surface area contributed by atoms with E-state index in [2.05, 4.69) is 15.9 Å². The van der Waals surface area contributed by atoms with Crippen LogP contribution in [0.1, 0.15) is 17.7 Å². The van der Waals surface area contributed by atoms with E-state index in [-0.39, 0.29) is 11.8 Å². The number of nitrogens with zero attached hydrogens (tertiary/aromatic N) is 2. The number of halogens is 1. The summed E-state index contributed by atoms with van der Waals surface area (Å²) < 4.78 is 25.4. The van der Waals surface area contributed by atoms with Gasteiger partial charge < -0.3 is 4.90 Å². The first-order valence-electron chi connectivity index (χ1n) is 6.71. The summed E-state index contributed by atoms with van der Waals surface area (Å²) in [6.07, 6.45) is 2.42. The molecule has 1 fully saturated rings. The number of piperidine rings is 1. The average molecular weight is 395 g/mol. The normalized spacial score (nSPS) is 17.9. The van der Waals surface area contributed by atoms with Gasteiger partial charge in [-0.1, -0.05) is 0 Å². The van der Waals surface area contributed by atoms with E-state index in [4.69, 9.17) is 0 Å². The molecule has 0 N–H and O–H groups in total. The van der Waals surface area contributed by atoms with Crippen molar-refractivity contribution in [3.8, 4) is 0 Å². The van der Waals surface area contributed by atoms with Crippen LogP contribution in [-0.2, 0) is 21.4 Å². The standard InChI is InChI=1S/C13H19BrN2O3S2/c1-15(9-11-3-4-12(14)20-11)13(17)10-5-7-16(8-6-10)21(2,18)19/h3-4,10H,5-9H2,1-2H3. The molecule has 0 bridgehead atoms. The highest BCUT2D eigenvalue weighted by atomic mass is 79.9. The van der Waals surface area contributed by atoms with Crippen LogP contribution in [0.5, 0.6) is 0 Å². The topological polar surface area (TPSA) is 57.7 Å². The van der Waals surface area contributed by atoms with Crippen molar-refractivity contribution in [3.63, 3.8) is 0 Å². The average Bonchev–Trinajstić information content (AvgIpc) is 2.82. The summed E-state index contributed by atoms with van der Waals surface area (Å²) in [6.45, 7) is 1.47. The zero-order valence-electron chi connectivity index (χ0n) is 12.1. The zero-order chi connectivity index (χ0) is 15.6. The van der Waals surface area contributed by atoms with E-state index < -0.39 is 10.0 Å². The van der Waals surface area contributed by atoms with Crippen LogP contribution in [0.4, 0.5) is 0 Å². The van der Waals surface area contributed by atoms with Crippen molar-refractivity contribution in [2.24, 2.45) is 5.92 Å². The molecule has 8 heteroatoms. The van der Waals surface area contributed by atoms with Gasteiger partial charge in [0, 0.05) is 30.9 Å². The Kier molecular flexibility index (Phi) is 5.45. The fourth-order valence-corrected chi connectivity index (χ4v) is 4.91. The molecule has 0 aromatic carbocycles. The van der Waals surface area contributed by atoms with Crippen LogP contribution in [-0.4, -0.2) is 49.9 Å². The Bertz CT molecular complexity index is 607. The van der Waals surface area contributed by atoms with Crippen molar-refractivity contribution < 1.29 is 13.2 Å². The van der Waals surface area contributed by atoms with Crippen LogP contribution in [0.2, 0.25) is 0 Å². The molecule has 0 saturated carbocycles. The van der Waals surface area contributed by atoms with Gasteiger partial charge in [-0.3, -0.25) is 4.79 Å². The first-order chi connectivity index (χ1) is 9.77. The molecule has 1 saturated heterocycles. The first kappa shape index (κ1) is 16.9. The molecule has 118 valence electrons. The lowest BCUT2D eigenvalue weighted by Gasteiger charge is -2.31. The number of sulfonamides is 1. The molecule has 1 amide bonds. The van der Waals surface area contributed by atoms with Crippen LogP contribution in [0.3, 0.4) is 0 Å². The van der Waals surface area contributed by atoms with E-state index in [0.29, 0.717) is 32.5 Å².